The Kier molecular flexibility index (Phi) is 6.86. The molecule has 2 aromatic carbocycles. The van der Waals surface area contributed by atoms with E-state index in [0.29, 0.717) is 40.3 Å². The van der Waals surface area contributed by atoms with Crippen LogP contribution in [0.15, 0.2) is 30.3 Å². The minimum Gasteiger partial charge on any atom is -0.497 e. The molecular weight excluding hydrogens is 402 g/mol. The van der Waals surface area contributed by atoms with Gasteiger partial charge in [0.15, 0.2) is 11.5 Å². The lowest BCUT2D eigenvalue weighted by atomic mass is 10.1. The van der Waals surface area contributed by atoms with Gasteiger partial charge in [-0.25, -0.2) is 4.98 Å². The highest BCUT2D eigenvalue weighted by Crippen LogP contribution is 2.38. The van der Waals surface area contributed by atoms with Crippen molar-refractivity contribution in [2.24, 2.45) is 0 Å². The first kappa shape index (κ1) is 21.5. The molecule has 1 N–H and O–H groups in total. The van der Waals surface area contributed by atoms with Crippen LogP contribution in [0.4, 0.5) is 0 Å². The van der Waals surface area contributed by atoms with Crippen LogP contribution in [0.3, 0.4) is 0 Å². The van der Waals surface area contributed by atoms with Crippen molar-refractivity contribution in [1.29, 1.82) is 5.26 Å². The number of fused-ring (bicyclic) bond motifs is 1. The molecule has 0 spiro atoms. The Morgan fingerprint density at radius 1 is 1.30 bits per heavy atom. The monoisotopic (exact) mass is 425 g/mol. The van der Waals surface area contributed by atoms with E-state index in [1.807, 2.05) is 45.0 Å². The molecule has 7 heteroatoms. The standard InChI is InChI=1S/C23H24ClN3O3/c1-5-14(3)30-22-18(24)10-15(11-21(22)29-6-2)9-16(13-25)23-26-19-8-7-17(28-4)12-20(19)27-23/h7-12,14H,5-6H2,1-4H3,(H,26,27)/b16-9-/t14-/m1/s1. The van der Waals surface area contributed by atoms with E-state index in [9.17, 15) is 5.26 Å². The summed E-state index contributed by atoms with van der Waals surface area (Å²) in [4.78, 5) is 7.68. The number of nitrogens with zero attached hydrogens (tertiary/aromatic N) is 2. The molecule has 0 bridgehead atoms. The van der Waals surface area contributed by atoms with Crippen LogP contribution in [-0.4, -0.2) is 29.8 Å². The lowest BCUT2D eigenvalue weighted by Gasteiger charge is -2.18. The summed E-state index contributed by atoms with van der Waals surface area (Å²) in [6.45, 7) is 6.38. The minimum absolute atomic E-state index is 0.00491. The zero-order valence-electron chi connectivity index (χ0n) is 17.5. The quantitative estimate of drug-likeness (QED) is 0.457. The van der Waals surface area contributed by atoms with E-state index in [0.717, 1.165) is 23.0 Å². The molecular formula is C23H24ClN3O3. The third-order valence-electron chi connectivity index (χ3n) is 4.60. The number of ether oxygens (including phenoxy) is 3. The third kappa shape index (κ3) is 4.69. The van der Waals surface area contributed by atoms with Crippen LogP contribution in [-0.2, 0) is 0 Å². The predicted octanol–water partition coefficient (Wildman–Crippen LogP) is 5.87. The first-order valence-electron chi connectivity index (χ1n) is 9.77. The number of H-pyrrole nitrogens is 1. The van der Waals surface area contributed by atoms with Crippen molar-refractivity contribution >= 4 is 34.3 Å². The number of imidazole rings is 1. The second-order valence-corrected chi connectivity index (χ2v) is 7.15. The van der Waals surface area contributed by atoms with Gasteiger partial charge in [-0.3, -0.25) is 0 Å². The summed E-state index contributed by atoms with van der Waals surface area (Å²) in [7, 11) is 1.60. The molecule has 1 atom stereocenters. The van der Waals surface area contributed by atoms with Crippen molar-refractivity contribution in [1.82, 2.24) is 9.97 Å². The van der Waals surface area contributed by atoms with Crippen molar-refractivity contribution in [3.8, 4) is 23.3 Å². The van der Waals surface area contributed by atoms with Crippen molar-refractivity contribution in [2.75, 3.05) is 13.7 Å². The fraction of sp³-hybridized carbons (Fsp3) is 0.304. The number of nitriles is 1. The van der Waals surface area contributed by atoms with Gasteiger partial charge in [-0.05, 0) is 56.2 Å². The Balaban J connectivity index is 2.02. The third-order valence-corrected chi connectivity index (χ3v) is 4.88. The van der Waals surface area contributed by atoms with Gasteiger partial charge in [0, 0.05) is 6.07 Å². The number of rotatable bonds is 8. The van der Waals surface area contributed by atoms with Gasteiger partial charge in [-0.15, -0.1) is 0 Å². The maximum absolute atomic E-state index is 9.72. The summed E-state index contributed by atoms with van der Waals surface area (Å²) in [5, 5.41) is 10.2. The number of nitrogens with one attached hydrogen (secondary N) is 1. The second-order valence-electron chi connectivity index (χ2n) is 6.74. The second kappa shape index (κ2) is 9.55. The number of aromatic nitrogens is 2. The first-order chi connectivity index (χ1) is 14.5. The average molecular weight is 426 g/mol. The van der Waals surface area contributed by atoms with Gasteiger partial charge in [0.25, 0.3) is 0 Å². The Labute approximate surface area is 181 Å². The highest BCUT2D eigenvalue weighted by molar-refractivity contribution is 6.32. The lowest BCUT2D eigenvalue weighted by Crippen LogP contribution is -2.11. The van der Waals surface area contributed by atoms with Gasteiger partial charge in [-0.2, -0.15) is 5.26 Å². The summed E-state index contributed by atoms with van der Waals surface area (Å²) in [6, 6.07) is 11.3. The molecule has 0 saturated carbocycles. The normalized spacial score (nSPS) is 12.5. The van der Waals surface area contributed by atoms with E-state index >= 15 is 0 Å². The zero-order chi connectivity index (χ0) is 21.7. The Morgan fingerprint density at radius 3 is 2.77 bits per heavy atom. The molecule has 0 radical (unpaired) electrons. The number of hydrogen-bond donors (Lipinski definition) is 1. The van der Waals surface area contributed by atoms with Gasteiger partial charge < -0.3 is 19.2 Å². The number of hydrogen-bond acceptors (Lipinski definition) is 5. The molecule has 6 nitrogen and oxygen atoms in total. The SMILES string of the molecule is CCOc1cc(/C=C(/C#N)c2nc3ccc(OC)cc3[nH]2)cc(Cl)c1O[C@H](C)CC. The highest BCUT2D eigenvalue weighted by Gasteiger charge is 2.16. The maximum atomic E-state index is 9.72. The van der Waals surface area contributed by atoms with Crippen LogP contribution < -0.4 is 14.2 Å². The van der Waals surface area contributed by atoms with Gasteiger partial charge in [0.05, 0.1) is 41.4 Å². The average Bonchev–Trinajstić information content (AvgIpc) is 3.17. The van der Waals surface area contributed by atoms with Crippen molar-refractivity contribution in [3.05, 3.63) is 46.7 Å². The molecule has 0 aliphatic heterocycles. The summed E-state index contributed by atoms with van der Waals surface area (Å²) < 4.78 is 16.9. The minimum atomic E-state index is 0.00491. The smallest absolute Gasteiger partial charge is 0.180 e. The molecule has 3 rings (SSSR count). The topological polar surface area (TPSA) is 80.2 Å². The molecule has 1 heterocycles. The lowest BCUT2D eigenvalue weighted by molar-refractivity contribution is 0.203. The van der Waals surface area contributed by atoms with Crippen LogP contribution in [0, 0.1) is 11.3 Å². The Bertz CT molecular complexity index is 1110. The number of halogens is 1. The summed E-state index contributed by atoms with van der Waals surface area (Å²) in [5.41, 5.74) is 2.63. The van der Waals surface area contributed by atoms with Crippen LogP contribution in [0.5, 0.6) is 17.2 Å². The molecule has 0 saturated heterocycles. The number of aromatic amines is 1. The highest BCUT2D eigenvalue weighted by atomic mass is 35.5. The van der Waals surface area contributed by atoms with E-state index in [2.05, 4.69) is 16.0 Å². The Morgan fingerprint density at radius 2 is 2.10 bits per heavy atom. The van der Waals surface area contributed by atoms with E-state index in [4.69, 9.17) is 25.8 Å². The molecule has 30 heavy (non-hydrogen) atoms. The van der Waals surface area contributed by atoms with Gasteiger partial charge in [-0.1, -0.05) is 18.5 Å². The van der Waals surface area contributed by atoms with Gasteiger partial charge >= 0.3 is 0 Å². The molecule has 3 aromatic rings. The summed E-state index contributed by atoms with van der Waals surface area (Å²) >= 11 is 6.49. The fourth-order valence-electron chi connectivity index (χ4n) is 2.90. The van der Waals surface area contributed by atoms with Crippen molar-refractivity contribution in [3.63, 3.8) is 0 Å². The van der Waals surface area contributed by atoms with Crippen LogP contribution in [0.2, 0.25) is 5.02 Å². The van der Waals surface area contributed by atoms with E-state index in [1.165, 1.54) is 0 Å². The number of methoxy groups -OCH3 is 1. The molecule has 0 aliphatic rings. The van der Waals surface area contributed by atoms with Crippen molar-refractivity contribution in [2.45, 2.75) is 33.3 Å². The molecule has 0 aliphatic carbocycles. The van der Waals surface area contributed by atoms with Gasteiger partial charge in [0.2, 0.25) is 0 Å². The van der Waals surface area contributed by atoms with E-state index < -0.39 is 0 Å². The number of allylic oxidation sites excluding steroid dienone is 1. The van der Waals surface area contributed by atoms with Crippen LogP contribution in [0.25, 0.3) is 22.7 Å². The summed E-state index contributed by atoms with van der Waals surface area (Å²) in [6.07, 6.45) is 2.57. The first-order valence-corrected chi connectivity index (χ1v) is 10.2. The molecule has 0 amide bonds. The maximum Gasteiger partial charge on any atom is 0.180 e. The van der Waals surface area contributed by atoms with Crippen molar-refractivity contribution < 1.29 is 14.2 Å². The molecule has 0 fully saturated rings. The van der Waals surface area contributed by atoms with Crippen LogP contribution in [0.1, 0.15) is 38.6 Å². The largest absolute Gasteiger partial charge is 0.497 e. The van der Waals surface area contributed by atoms with Gasteiger partial charge in [0.1, 0.15) is 17.6 Å². The number of benzene rings is 2. The van der Waals surface area contributed by atoms with E-state index in [1.54, 1.807) is 19.3 Å². The zero-order valence-corrected chi connectivity index (χ0v) is 18.2. The molecule has 156 valence electrons. The fourth-order valence-corrected chi connectivity index (χ4v) is 3.16. The Hall–Kier alpha value is -3.17. The predicted molar refractivity (Wildman–Crippen MR) is 119 cm³/mol. The molecule has 1 aromatic heterocycles. The molecule has 0 unspecified atom stereocenters. The van der Waals surface area contributed by atoms with Crippen LogP contribution >= 0.6 is 11.6 Å². The van der Waals surface area contributed by atoms with E-state index in [-0.39, 0.29) is 6.10 Å². The summed E-state index contributed by atoms with van der Waals surface area (Å²) in [5.74, 6) is 2.24.